The Hall–Kier alpha value is -2.56. The maximum Gasteiger partial charge on any atom is 0.253 e. The number of hydrogen-bond acceptors (Lipinski definition) is 3. The molecule has 0 aliphatic rings. The average Bonchev–Trinajstić information content (AvgIpc) is 2.73. The molecule has 0 bridgehead atoms. The van der Waals surface area contributed by atoms with Crippen molar-refractivity contribution in [3.05, 3.63) is 47.2 Å². The van der Waals surface area contributed by atoms with Crippen LogP contribution < -0.4 is 11.5 Å². The van der Waals surface area contributed by atoms with Crippen LogP contribution in [0.4, 0.5) is 0 Å². The lowest BCUT2D eigenvalue weighted by atomic mass is 10.0. The molecule has 0 aliphatic carbocycles. The third kappa shape index (κ3) is 1.98. The second-order valence-corrected chi connectivity index (χ2v) is 3.95. The van der Waals surface area contributed by atoms with E-state index in [9.17, 15) is 9.59 Å². The van der Waals surface area contributed by atoms with Gasteiger partial charge in [0.05, 0.1) is 11.1 Å². The minimum absolute atomic E-state index is 0.000920. The highest BCUT2D eigenvalue weighted by atomic mass is 16.3. The summed E-state index contributed by atoms with van der Waals surface area (Å²) < 4.78 is 5.26. The number of furan rings is 1. The smallest absolute Gasteiger partial charge is 0.253 e. The van der Waals surface area contributed by atoms with Crippen molar-refractivity contribution in [3.8, 4) is 11.3 Å². The molecule has 0 saturated heterocycles. The van der Waals surface area contributed by atoms with Gasteiger partial charge in [-0.25, -0.2) is 0 Å². The largest absolute Gasteiger partial charge is 0.463 e. The maximum atomic E-state index is 11.4. The van der Waals surface area contributed by atoms with Crippen LogP contribution in [0, 0.1) is 6.92 Å². The summed E-state index contributed by atoms with van der Waals surface area (Å²) >= 11 is 0. The molecule has 2 rings (SSSR count). The van der Waals surface area contributed by atoms with Gasteiger partial charge in [0.25, 0.3) is 11.8 Å². The van der Waals surface area contributed by atoms with E-state index < -0.39 is 11.8 Å². The number of nitrogens with two attached hydrogens (primary N) is 2. The van der Waals surface area contributed by atoms with Gasteiger partial charge in [-0.2, -0.15) is 0 Å². The molecule has 5 heteroatoms. The van der Waals surface area contributed by atoms with Crippen molar-refractivity contribution in [2.75, 3.05) is 0 Å². The second-order valence-electron chi connectivity index (χ2n) is 3.95. The highest BCUT2D eigenvalue weighted by Gasteiger charge is 2.22. The molecule has 0 saturated carbocycles. The Morgan fingerprint density at radius 3 is 2.44 bits per heavy atom. The molecule has 1 aromatic carbocycles. The summed E-state index contributed by atoms with van der Waals surface area (Å²) in [6, 6.07) is 7.33. The van der Waals surface area contributed by atoms with Gasteiger partial charge in [-0.1, -0.05) is 23.8 Å². The number of hydrogen-bond donors (Lipinski definition) is 2. The minimum atomic E-state index is -0.744. The van der Waals surface area contributed by atoms with Crippen LogP contribution in [0.25, 0.3) is 11.3 Å². The monoisotopic (exact) mass is 244 g/mol. The number of rotatable bonds is 3. The maximum absolute atomic E-state index is 11.4. The van der Waals surface area contributed by atoms with Crippen LogP contribution in [0.15, 0.2) is 34.9 Å². The number of primary amides is 2. The third-order valence-electron chi connectivity index (χ3n) is 2.58. The van der Waals surface area contributed by atoms with Gasteiger partial charge >= 0.3 is 0 Å². The highest BCUT2D eigenvalue weighted by molar-refractivity contribution is 6.09. The van der Waals surface area contributed by atoms with Crippen molar-refractivity contribution in [1.82, 2.24) is 0 Å². The molecule has 0 radical (unpaired) electrons. The first-order chi connectivity index (χ1) is 8.50. The zero-order valence-corrected chi connectivity index (χ0v) is 9.77. The molecule has 0 aliphatic heterocycles. The van der Waals surface area contributed by atoms with Crippen LogP contribution >= 0.6 is 0 Å². The molecule has 18 heavy (non-hydrogen) atoms. The van der Waals surface area contributed by atoms with E-state index in [0.717, 1.165) is 11.8 Å². The van der Waals surface area contributed by atoms with Crippen molar-refractivity contribution in [3.63, 3.8) is 0 Å². The molecule has 5 nitrogen and oxygen atoms in total. The molecule has 1 heterocycles. The number of carbonyl (C=O) groups is 2. The molecule has 4 N–H and O–H groups in total. The van der Waals surface area contributed by atoms with E-state index >= 15 is 0 Å². The summed E-state index contributed by atoms with van der Waals surface area (Å²) in [4.78, 5) is 22.6. The fraction of sp³-hybridized carbons (Fsp3) is 0.0769. The molecule has 0 atom stereocenters. The SMILES string of the molecule is Cc1cccc(-c2occ(C(N)=O)c2C(N)=O)c1. The van der Waals surface area contributed by atoms with Gasteiger partial charge < -0.3 is 15.9 Å². The van der Waals surface area contributed by atoms with Crippen LogP contribution in [0.5, 0.6) is 0 Å². The predicted molar refractivity (Wildman–Crippen MR) is 65.9 cm³/mol. The van der Waals surface area contributed by atoms with Gasteiger partial charge in [-0.15, -0.1) is 0 Å². The van der Waals surface area contributed by atoms with Crippen molar-refractivity contribution in [2.45, 2.75) is 6.92 Å². The summed E-state index contributed by atoms with van der Waals surface area (Å²) in [5, 5.41) is 0. The zero-order chi connectivity index (χ0) is 13.3. The lowest BCUT2D eigenvalue weighted by Crippen LogP contribution is -2.19. The van der Waals surface area contributed by atoms with Crippen LogP contribution in [0.2, 0.25) is 0 Å². The molecular weight excluding hydrogens is 232 g/mol. The van der Waals surface area contributed by atoms with Gasteiger partial charge in [0.1, 0.15) is 12.0 Å². The van der Waals surface area contributed by atoms with Crippen molar-refractivity contribution >= 4 is 11.8 Å². The second kappa shape index (κ2) is 4.37. The van der Waals surface area contributed by atoms with E-state index in [0.29, 0.717) is 5.56 Å². The van der Waals surface area contributed by atoms with Crippen LogP contribution in [-0.2, 0) is 0 Å². The zero-order valence-electron chi connectivity index (χ0n) is 9.77. The standard InChI is InChI=1S/C13H12N2O3/c1-7-3-2-4-8(5-7)11-10(13(15)17)9(6-18-11)12(14)16/h2-6H,1H3,(H2,14,16)(H2,15,17). The van der Waals surface area contributed by atoms with Crippen molar-refractivity contribution in [1.29, 1.82) is 0 Å². The van der Waals surface area contributed by atoms with Gasteiger partial charge in [-0.05, 0) is 13.0 Å². The summed E-state index contributed by atoms with van der Waals surface area (Å²) in [5.41, 5.74) is 12.1. The molecule has 92 valence electrons. The average molecular weight is 244 g/mol. The fourth-order valence-electron chi connectivity index (χ4n) is 1.78. The van der Waals surface area contributed by atoms with E-state index in [1.807, 2.05) is 25.1 Å². The topological polar surface area (TPSA) is 99.3 Å². The third-order valence-corrected chi connectivity index (χ3v) is 2.58. The van der Waals surface area contributed by atoms with E-state index in [1.54, 1.807) is 6.07 Å². The van der Waals surface area contributed by atoms with E-state index in [2.05, 4.69) is 0 Å². The lowest BCUT2D eigenvalue weighted by molar-refractivity contribution is 0.0968. The van der Waals surface area contributed by atoms with Crippen LogP contribution in [0.1, 0.15) is 26.3 Å². The van der Waals surface area contributed by atoms with Gasteiger partial charge in [0.15, 0.2) is 0 Å². The van der Waals surface area contributed by atoms with Crippen LogP contribution in [-0.4, -0.2) is 11.8 Å². The summed E-state index contributed by atoms with van der Waals surface area (Å²) in [5.74, 6) is -1.22. The molecule has 0 unspecified atom stereocenters. The van der Waals surface area contributed by atoms with E-state index in [-0.39, 0.29) is 16.9 Å². The van der Waals surface area contributed by atoms with Gasteiger partial charge in [0.2, 0.25) is 0 Å². The predicted octanol–water partition coefficient (Wildman–Crippen LogP) is 1.45. The molecule has 1 aromatic heterocycles. The quantitative estimate of drug-likeness (QED) is 0.854. The van der Waals surface area contributed by atoms with E-state index in [4.69, 9.17) is 15.9 Å². The first-order valence-electron chi connectivity index (χ1n) is 5.29. The Morgan fingerprint density at radius 2 is 1.89 bits per heavy atom. The van der Waals surface area contributed by atoms with Crippen molar-refractivity contribution in [2.24, 2.45) is 11.5 Å². The summed E-state index contributed by atoms with van der Waals surface area (Å²) in [6.45, 7) is 1.91. The highest BCUT2D eigenvalue weighted by Crippen LogP contribution is 2.28. The van der Waals surface area contributed by atoms with Crippen LogP contribution in [0.3, 0.4) is 0 Å². The van der Waals surface area contributed by atoms with Gasteiger partial charge in [-0.3, -0.25) is 9.59 Å². The molecule has 0 fully saturated rings. The Balaban J connectivity index is 2.65. The summed E-state index contributed by atoms with van der Waals surface area (Å²) in [6.07, 6.45) is 1.15. The minimum Gasteiger partial charge on any atom is -0.463 e. The lowest BCUT2D eigenvalue weighted by Gasteiger charge is -2.02. The molecule has 0 spiro atoms. The normalized spacial score (nSPS) is 10.3. The fourth-order valence-corrected chi connectivity index (χ4v) is 1.78. The van der Waals surface area contributed by atoms with Gasteiger partial charge in [0, 0.05) is 5.56 Å². The Morgan fingerprint density at radius 1 is 1.17 bits per heavy atom. The molecular formula is C13H12N2O3. The number of benzene rings is 1. The van der Waals surface area contributed by atoms with Crippen molar-refractivity contribution < 1.29 is 14.0 Å². The molecule has 2 aromatic rings. The Labute approximate surface area is 103 Å². The number of amides is 2. The molecule has 2 amide bonds. The first kappa shape index (κ1) is 11.9. The Bertz CT molecular complexity index is 629. The number of aryl methyl sites for hydroxylation is 1. The summed E-state index contributed by atoms with van der Waals surface area (Å²) in [7, 11) is 0. The first-order valence-corrected chi connectivity index (χ1v) is 5.29. The van der Waals surface area contributed by atoms with E-state index in [1.165, 1.54) is 0 Å². The Kier molecular flexibility index (Phi) is 2.89. The number of carbonyl (C=O) groups excluding carboxylic acids is 2.